The van der Waals surface area contributed by atoms with Crippen molar-refractivity contribution in [2.45, 2.75) is 31.3 Å². The molecule has 0 saturated carbocycles. The summed E-state index contributed by atoms with van der Waals surface area (Å²) in [5.74, 6) is 0. The van der Waals surface area contributed by atoms with Gasteiger partial charge in [-0.1, -0.05) is 0 Å². The zero-order valence-electron chi connectivity index (χ0n) is 9.97. The molecule has 0 radical (unpaired) electrons. The number of rotatable bonds is 3. The lowest BCUT2D eigenvalue weighted by Crippen LogP contribution is -2.42. The van der Waals surface area contributed by atoms with E-state index in [1.807, 2.05) is 6.20 Å². The van der Waals surface area contributed by atoms with E-state index >= 15 is 0 Å². The van der Waals surface area contributed by atoms with Gasteiger partial charge in [-0.3, -0.25) is 0 Å². The molecule has 0 amide bonds. The van der Waals surface area contributed by atoms with Crippen molar-refractivity contribution >= 4 is 16.5 Å². The second-order valence-electron chi connectivity index (χ2n) is 4.80. The minimum Gasteiger partial charge on any atom is -0.381 e. The molecule has 94 valence electrons. The zero-order valence-corrected chi connectivity index (χ0v) is 10.8. The van der Waals surface area contributed by atoms with Crippen LogP contribution in [0.3, 0.4) is 0 Å². The van der Waals surface area contributed by atoms with Crippen LogP contribution in [0.5, 0.6) is 0 Å². The fourth-order valence-corrected chi connectivity index (χ4v) is 3.32. The third-order valence-electron chi connectivity index (χ3n) is 3.57. The van der Waals surface area contributed by atoms with Crippen molar-refractivity contribution in [1.82, 2.24) is 10.3 Å². The molecule has 1 aromatic rings. The lowest BCUT2D eigenvalue weighted by Gasteiger charge is -2.26. The molecule has 1 aromatic heterocycles. The summed E-state index contributed by atoms with van der Waals surface area (Å²) < 4.78 is 5.39. The maximum atomic E-state index is 5.39. The van der Waals surface area contributed by atoms with E-state index in [1.165, 1.54) is 11.6 Å². The van der Waals surface area contributed by atoms with Crippen molar-refractivity contribution in [3.05, 3.63) is 11.6 Å². The summed E-state index contributed by atoms with van der Waals surface area (Å²) in [5.41, 5.74) is 0. The Balaban J connectivity index is 1.50. The van der Waals surface area contributed by atoms with E-state index in [2.05, 4.69) is 20.6 Å². The van der Waals surface area contributed by atoms with E-state index in [-0.39, 0.29) is 0 Å². The molecule has 2 saturated heterocycles. The molecule has 1 N–H and O–H groups in total. The van der Waals surface area contributed by atoms with Gasteiger partial charge in [0, 0.05) is 50.0 Å². The molecular formula is C12H19N3OS. The molecule has 0 bridgehead atoms. The summed E-state index contributed by atoms with van der Waals surface area (Å²) in [4.78, 5) is 6.77. The highest BCUT2D eigenvalue weighted by atomic mass is 32.1. The highest BCUT2D eigenvalue weighted by molar-refractivity contribution is 7.13. The molecule has 3 rings (SSSR count). The van der Waals surface area contributed by atoms with Gasteiger partial charge in [0.1, 0.15) is 0 Å². The molecule has 2 aliphatic rings. The molecule has 17 heavy (non-hydrogen) atoms. The van der Waals surface area contributed by atoms with E-state index in [1.54, 1.807) is 11.3 Å². The van der Waals surface area contributed by atoms with Crippen molar-refractivity contribution in [3.63, 3.8) is 0 Å². The average Bonchev–Trinajstić information content (AvgIpc) is 3.00. The minimum absolute atomic E-state index is 0.627. The van der Waals surface area contributed by atoms with Crippen LogP contribution in [0.25, 0.3) is 0 Å². The SMILES string of the molecule is c1csc(N2CCC(NC3CCOCC3)C2)n1. The lowest BCUT2D eigenvalue weighted by molar-refractivity contribution is 0.0755. The van der Waals surface area contributed by atoms with Gasteiger partial charge in [0.15, 0.2) is 5.13 Å². The van der Waals surface area contributed by atoms with Crippen LogP contribution >= 0.6 is 11.3 Å². The fraction of sp³-hybridized carbons (Fsp3) is 0.750. The van der Waals surface area contributed by atoms with Crippen LogP contribution in [0.1, 0.15) is 19.3 Å². The van der Waals surface area contributed by atoms with Gasteiger partial charge in [-0.25, -0.2) is 4.98 Å². The molecule has 1 atom stereocenters. The number of hydrogen-bond acceptors (Lipinski definition) is 5. The molecule has 0 aromatic carbocycles. The monoisotopic (exact) mass is 253 g/mol. The van der Waals surface area contributed by atoms with Crippen LogP contribution < -0.4 is 10.2 Å². The summed E-state index contributed by atoms with van der Waals surface area (Å²) in [5, 5.41) is 6.98. The van der Waals surface area contributed by atoms with Gasteiger partial charge in [-0.15, -0.1) is 11.3 Å². The minimum atomic E-state index is 0.627. The van der Waals surface area contributed by atoms with Crippen LogP contribution in [0, 0.1) is 0 Å². The summed E-state index contributed by atoms with van der Waals surface area (Å²) in [7, 11) is 0. The predicted octanol–water partition coefficient (Wildman–Crippen LogP) is 1.49. The molecule has 0 spiro atoms. The van der Waals surface area contributed by atoms with E-state index in [0.717, 1.165) is 39.1 Å². The molecule has 5 heteroatoms. The van der Waals surface area contributed by atoms with Gasteiger partial charge in [0.05, 0.1) is 0 Å². The number of hydrogen-bond donors (Lipinski definition) is 1. The Labute approximate surface area is 106 Å². The third-order valence-corrected chi connectivity index (χ3v) is 4.40. The van der Waals surface area contributed by atoms with Gasteiger partial charge in [0.2, 0.25) is 0 Å². The highest BCUT2D eigenvalue weighted by Gasteiger charge is 2.26. The van der Waals surface area contributed by atoms with Crippen LogP contribution in [0.2, 0.25) is 0 Å². The van der Waals surface area contributed by atoms with E-state index in [4.69, 9.17) is 4.74 Å². The van der Waals surface area contributed by atoms with Crippen molar-refractivity contribution in [1.29, 1.82) is 0 Å². The largest absolute Gasteiger partial charge is 0.381 e. The number of nitrogens with one attached hydrogen (secondary N) is 1. The molecule has 2 aliphatic heterocycles. The Morgan fingerprint density at radius 3 is 2.94 bits per heavy atom. The lowest BCUT2D eigenvalue weighted by atomic mass is 10.1. The fourth-order valence-electron chi connectivity index (χ4n) is 2.64. The first-order valence-electron chi connectivity index (χ1n) is 6.40. The molecule has 4 nitrogen and oxygen atoms in total. The van der Waals surface area contributed by atoms with Gasteiger partial charge in [-0.05, 0) is 19.3 Å². The number of aromatic nitrogens is 1. The maximum Gasteiger partial charge on any atom is 0.185 e. The predicted molar refractivity (Wildman–Crippen MR) is 69.7 cm³/mol. The van der Waals surface area contributed by atoms with Crippen molar-refractivity contribution < 1.29 is 4.74 Å². The van der Waals surface area contributed by atoms with Crippen molar-refractivity contribution in [2.75, 3.05) is 31.2 Å². The average molecular weight is 253 g/mol. The van der Waals surface area contributed by atoms with E-state index < -0.39 is 0 Å². The smallest absolute Gasteiger partial charge is 0.185 e. The normalized spacial score (nSPS) is 26.6. The number of anilines is 1. The first kappa shape index (κ1) is 11.4. The molecule has 1 unspecified atom stereocenters. The molecular weight excluding hydrogens is 234 g/mol. The molecule has 0 aliphatic carbocycles. The van der Waals surface area contributed by atoms with Gasteiger partial charge in [0.25, 0.3) is 0 Å². The van der Waals surface area contributed by atoms with Crippen molar-refractivity contribution in [3.8, 4) is 0 Å². The third kappa shape index (κ3) is 2.78. The first-order valence-corrected chi connectivity index (χ1v) is 7.28. The standard InChI is InChI=1S/C12H19N3OS/c1-5-15(12-13-4-8-17-12)9-11(1)14-10-2-6-16-7-3-10/h4,8,10-11,14H,1-3,5-7,9H2. The number of nitrogens with zero attached hydrogens (tertiary/aromatic N) is 2. The zero-order chi connectivity index (χ0) is 11.5. The van der Waals surface area contributed by atoms with Gasteiger partial charge >= 0.3 is 0 Å². The first-order chi connectivity index (χ1) is 8.42. The molecule has 2 fully saturated rings. The van der Waals surface area contributed by atoms with Gasteiger partial charge in [-0.2, -0.15) is 0 Å². The van der Waals surface area contributed by atoms with Crippen LogP contribution in [0.4, 0.5) is 5.13 Å². The van der Waals surface area contributed by atoms with Crippen LogP contribution in [-0.2, 0) is 4.74 Å². The van der Waals surface area contributed by atoms with Gasteiger partial charge < -0.3 is 15.0 Å². The van der Waals surface area contributed by atoms with E-state index in [0.29, 0.717) is 12.1 Å². The second kappa shape index (κ2) is 5.33. The Morgan fingerprint density at radius 2 is 2.18 bits per heavy atom. The second-order valence-corrected chi connectivity index (χ2v) is 5.67. The summed E-state index contributed by atoms with van der Waals surface area (Å²) in [6.45, 7) is 4.07. The summed E-state index contributed by atoms with van der Waals surface area (Å²) in [6.07, 6.45) is 5.44. The van der Waals surface area contributed by atoms with Crippen molar-refractivity contribution in [2.24, 2.45) is 0 Å². The topological polar surface area (TPSA) is 37.4 Å². The quantitative estimate of drug-likeness (QED) is 0.885. The summed E-state index contributed by atoms with van der Waals surface area (Å²) >= 11 is 1.74. The summed E-state index contributed by atoms with van der Waals surface area (Å²) in [6, 6.07) is 1.28. The van der Waals surface area contributed by atoms with Crippen LogP contribution in [-0.4, -0.2) is 43.4 Å². The Hall–Kier alpha value is -0.650. The number of ether oxygens (including phenoxy) is 1. The Morgan fingerprint density at radius 1 is 1.29 bits per heavy atom. The number of thiazole rings is 1. The van der Waals surface area contributed by atoms with E-state index in [9.17, 15) is 0 Å². The highest BCUT2D eigenvalue weighted by Crippen LogP contribution is 2.23. The Kier molecular flexibility index (Phi) is 3.59. The maximum absolute atomic E-state index is 5.39. The molecule has 3 heterocycles. The Bertz CT molecular complexity index is 338. The van der Waals surface area contributed by atoms with Crippen LogP contribution in [0.15, 0.2) is 11.6 Å².